The number of benzene rings is 4. The first-order valence-corrected chi connectivity index (χ1v) is 19.6. The molecule has 0 saturated heterocycles. The summed E-state index contributed by atoms with van der Waals surface area (Å²) in [5.74, 6) is 0. The average Bonchev–Trinajstić information content (AvgIpc) is 3.70. The van der Waals surface area contributed by atoms with Crippen LogP contribution in [0.2, 0.25) is 10.0 Å². The minimum atomic E-state index is 0. The largest absolute Gasteiger partial charge is 0.273 e. The van der Waals surface area contributed by atoms with Gasteiger partial charge in [-0.2, -0.15) is 6.08 Å². The second kappa shape index (κ2) is 18.2. The molecule has 5 heteroatoms. The van der Waals surface area contributed by atoms with Gasteiger partial charge < -0.3 is 0 Å². The molecule has 0 amide bonds. The van der Waals surface area contributed by atoms with Crippen LogP contribution in [-0.4, -0.2) is 3.21 Å². The van der Waals surface area contributed by atoms with Crippen LogP contribution in [0.1, 0.15) is 123 Å². The summed E-state index contributed by atoms with van der Waals surface area (Å²) >= 11 is 13.3. The van der Waals surface area contributed by atoms with Crippen molar-refractivity contribution in [2.24, 2.45) is 0 Å². The molecule has 52 heavy (non-hydrogen) atoms. The predicted octanol–water partition coefficient (Wildman–Crippen LogP) is 15.2. The average molecular weight is 854 g/mol. The van der Waals surface area contributed by atoms with E-state index in [2.05, 4.69) is 138 Å². The van der Waals surface area contributed by atoms with Crippen LogP contribution in [0.3, 0.4) is 0 Å². The predicted molar refractivity (Wildman–Crippen MR) is 234 cm³/mol. The van der Waals surface area contributed by atoms with Crippen molar-refractivity contribution in [3.8, 4) is 0 Å². The van der Waals surface area contributed by atoms with Gasteiger partial charge in [0.15, 0.2) is 0 Å². The van der Waals surface area contributed by atoms with Crippen molar-refractivity contribution in [2.75, 3.05) is 0 Å². The molecular formula is C47H56Cl4Zr. The number of hydrogen-bond acceptors (Lipinski definition) is 0. The van der Waals surface area contributed by atoms with Gasteiger partial charge in [-0.05, 0) is 21.7 Å². The zero-order valence-electron chi connectivity index (χ0n) is 33.0. The fraction of sp³-hybridized carbons (Fsp3) is 0.362. The third-order valence-electron chi connectivity index (χ3n) is 9.03. The second-order valence-electron chi connectivity index (χ2n) is 17.5. The molecule has 0 saturated carbocycles. The van der Waals surface area contributed by atoms with Crippen LogP contribution in [0.15, 0.2) is 97.1 Å². The van der Waals surface area contributed by atoms with Crippen molar-refractivity contribution in [1.82, 2.24) is 0 Å². The van der Waals surface area contributed by atoms with Crippen LogP contribution in [0.25, 0.3) is 21.5 Å². The van der Waals surface area contributed by atoms with E-state index in [9.17, 15) is 0 Å². The number of halogens is 4. The zero-order chi connectivity index (χ0) is 37.2. The Morgan fingerprint density at radius 3 is 1.21 bits per heavy atom. The molecule has 0 aliphatic heterocycles. The monoisotopic (exact) mass is 850 g/mol. The molecule has 0 nitrogen and oxygen atoms in total. The van der Waals surface area contributed by atoms with Gasteiger partial charge in [0.05, 0.1) is 0 Å². The second-order valence-corrected chi connectivity index (χ2v) is 19.6. The summed E-state index contributed by atoms with van der Waals surface area (Å²) in [4.78, 5) is 0. The molecule has 0 spiro atoms. The Balaban J connectivity index is 0.000000340. The van der Waals surface area contributed by atoms with Crippen LogP contribution >= 0.6 is 48.0 Å². The zero-order valence-corrected chi connectivity index (χ0v) is 38.6. The standard InChI is InChI=1S/C29H41.C13H8Cl2.C5H5.2ClH.Zr/c1-26(2,3)22-14-18-13-19-15-23(27(4,5)6)25(29(10,11)12)17-21(19)20(18)16-24(22)28(7,8)9;14-12-5-1-3-10(8-12)7-11-4-2-6-13(15)9-11;1-2-4-5-3-1;;;/h13-17H,1-12H3;1-6,8-9H;1-3H,4H2;2*1H;/q-1;;-1;;;+2. The molecule has 0 bridgehead atoms. The Kier molecular flexibility index (Phi) is 16.2. The number of allylic oxidation sites excluding steroid dienone is 4. The number of fused-ring (bicyclic) bond motifs is 3. The number of hydrogen-bond donors (Lipinski definition) is 0. The van der Waals surface area contributed by atoms with Crippen molar-refractivity contribution in [2.45, 2.75) is 111 Å². The molecule has 1 aliphatic rings. The van der Waals surface area contributed by atoms with Crippen molar-refractivity contribution in [3.63, 3.8) is 0 Å². The van der Waals surface area contributed by atoms with Gasteiger partial charge in [0.2, 0.25) is 0 Å². The summed E-state index contributed by atoms with van der Waals surface area (Å²) in [6.07, 6.45) is 10.0. The maximum atomic E-state index is 5.98. The van der Waals surface area contributed by atoms with Crippen LogP contribution in [0, 0.1) is 6.08 Å². The van der Waals surface area contributed by atoms with E-state index in [1.807, 2.05) is 48.6 Å². The molecule has 6 rings (SSSR count). The SMILES string of the molecule is CC(C)(C)c1cc2[cH-]c3cc(C(C)(C)C)c(C(C)(C)C)cc3c2cc1C(C)(C)C.Cl.Cl.Clc1cccc([C](=[Zr+2])c2cccc(Cl)c2)c1.[C-]1=CC=CC1. The quantitative estimate of drug-likeness (QED) is 0.155. The Morgan fingerprint density at radius 1 is 0.577 bits per heavy atom. The van der Waals surface area contributed by atoms with Crippen LogP contribution in [0.4, 0.5) is 0 Å². The Bertz CT molecular complexity index is 1900. The van der Waals surface area contributed by atoms with E-state index in [0.29, 0.717) is 0 Å². The Labute approximate surface area is 352 Å². The van der Waals surface area contributed by atoms with Crippen molar-refractivity contribution in [3.05, 3.63) is 147 Å². The van der Waals surface area contributed by atoms with Crippen molar-refractivity contribution >= 4 is 72.8 Å². The van der Waals surface area contributed by atoms with Gasteiger partial charge >= 0.3 is 120 Å². The van der Waals surface area contributed by atoms with E-state index in [4.69, 9.17) is 23.2 Å². The Hall–Kier alpha value is -1.86. The molecule has 0 unspecified atom stereocenters. The van der Waals surface area contributed by atoms with Gasteiger partial charge in [0.25, 0.3) is 0 Å². The maximum absolute atomic E-state index is 5.98. The molecule has 5 aromatic carbocycles. The smallest absolute Gasteiger partial charge is 0.109 e. The maximum Gasteiger partial charge on any atom is -0.109 e. The van der Waals surface area contributed by atoms with E-state index >= 15 is 0 Å². The van der Waals surface area contributed by atoms with Gasteiger partial charge in [-0.25, -0.2) is 12.2 Å². The fourth-order valence-corrected chi connectivity index (χ4v) is 7.53. The van der Waals surface area contributed by atoms with E-state index in [1.54, 1.807) is 0 Å². The summed E-state index contributed by atoms with van der Waals surface area (Å²) in [6.45, 7) is 28.0. The van der Waals surface area contributed by atoms with Gasteiger partial charge in [-0.3, -0.25) is 6.08 Å². The van der Waals surface area contributed by atoms with Crippen molar-refractivity contribution < 1.29 is 24.2 Å². The first-order chi connectivity index (χ1) is 23.1. The molecule has 0 atom stereocenters. The summed E-state index contributed by atoms with van der Waals surface area (Å²) in [6, 6.07) is 28.1. The normalized spacial score (nSPS) is 12.8. The molecule has 0 aromatic heterocycles. The van der Waals surface area contributed by atoms with Crippen molar-refractivity contribution in [1.29, 1.82) is 0 Å². The summed E-state index contributed by atoms with van der Waals surface area (Å²) < 4.78 is 1.26. The van der Waals surface area contributed by atoms with E-state index in [0.717, 1.165) is 27.6 Å². The van der Waals surface area contributed by atoms with Gasteiger partial charge in [0.1, 0.15) is 0 Å². The van der Waals surface area contributed by atoms with Gasteiger partial charge in [0, 0.05) is 0 Å². The summed E-state index contributed by atoms with van der Waals surface area (Å²) in [7, 11) is 0. The van der Waals surface area contributed by atoms with Crippen LogP contribution in [0.5, 0.6) is 0 Å². The molecule has 0 radical (unpaired) electrons. The van der Waals surface area contributed by atoms with E-state index in [1.165, 1.54) is 71.2 Å². The third-order valence-corrected chi connectivity index (χ3v) is 10.9. The molecule has 276 valence electrons. The van der Waals surface area contributed by atoms with Gasteiger partial charge in [-0.1, -0.05) is 117 Å². The van der Waals surface area contributed by atoms with E-state index < -0.39 is 0 Å². The minimum absolute atomic E-state index is 0. The molecule has 0 heterocycles. The molecular weight excluding hydrogens is 798 g/mol. The number of rotatable bonds is 2. The van der Waals surface area contributed by atoms with E-state index in [-0.39, 0.29) is 46.5 Å². The Morgan fingerprint density at radius 2 is 0.942 bits per heavy atom. The summed E-state index contributed by atoms with van der Waals surface area (Å²) in [5, 5.41) is 7.10. The minimum Gasteiger partial charge on any atom is -0.273 e. The van der Waals surface area contributed by atoms with Crippen LogP contribution in [-0.2, 0) is 45.9 Å². The van der Waals surface area contributed by atoms with Crippen LogP contribution < -0.4 is 0 Å². The molecule has 5 aromatic rings. The third kappa shape index (κ3) is 11.8. The fourth-order valence-electron chi connectivity index (χ4n) is 6.38. The molecule has 0 fully saturated rings. The first-order valence-electron chi connectivity index (χ1n) is 17.6. The first kappa shape index (κ1) is 46.3. The molecule has 1 aliphatic carbocycles. The molecule has 0 N–H and O–H groups in total. The topological polar surface area (TPSA) is 0 Å². The summed E-state index contributed by atoms with van der Waals surface area (Å²) in [5.41, 5.74) is 8.72. The van der Waals surface area contributed by atoms with Gasteiger partial charge in [-0.15, -0.1) is 71.0 Å².